The first-order chi connectivity index (χ1) is 10.3. The van der Waals surface area contributed by atoms with E-state index < -0.39 is 0 Å². The zero-order valence-corrected chi connectivity index (χ0v) is 13.3. The van der Waals surface area contributed by atoms with Crippen LogP contribution in [0.5, 0.6) is 0 Å². The lowest BCUT2D eigenvalue weighted by atomic mass is 9.82. The van der Waals surface area contributed by atoms with Crippen molar-refractivity contribution in [2.75, 3.05) is 27.2 Å². The van der Waals surface area contributed by atoms with Gasteiger partial charge in [-0.1, -0.05) is 24.3 Å². The van der Waals surface area contributed by atoms with Crippen LogP contribution >= 0.6 is 0 Å². The Bertz CT molecular complexity index is 456. The highest BCUT2D eigenvalue weighted by Gasteiger charge is 2.40. The van der Waals surface area contributed by atoms with Crippen LogP contribution in [-0.2, 0) is 11.3 Å². The molecule has 1 saturated carbocycles. The van der Waals surface area contributed by atoms with E-state index in [2.05, 4.69) is 41.5 Å². The Hall–Kier alpha value is -0.900. The molecule has 1 N–H and O–H groups in total. The smallest absolute Gasteiger partial charge is 0.0716 e. The number of likely N-dealkylation sites (tertiary alicyclic amines) is 1. The molecule has 3 nitrogen and oxygen atoms in total. The van der Waals surface area contributed by atoms with Crippen molar-refractivity contribution in [2.45, 2.75) is 44.4 Å². The fraction of sp³-hybridized carbons (Fsp3) is 0.667. The number of hydrogen-bond donors (Lipinski definition) is 1. The summed E-state index contributed by atoms with van der Waals surface area (Å²) in [7, 11) is 3.87. The summed E-state index contributed by atoms with van der Waals surface area (Å²) < 4.78 is 5.43. The zero-order chi connectivity index (χ0) is 14.7. The van der Waals surface area contributed by atoms with Crippen LogP contribution in [0.15, 0.2) is 24.3 Å². The number of nitrogens with one attached hydrogen (secondary N) is 1. The van der Waals surface area contributed by atoms with Gasteiger partial charge in [-0.15, -0.1) is 0 Å². The average molecular weight is 288 g/mol. The van der Waals surface area contributed by atoms with Crippen LogP contribution < -0.4 is 5.32 Å². The lowest BCUT2D eigenvalue weighted by Gasteiger charge is -2.43. The highest BCUT2D eigenvalue weighted by atomic mass is 16.5. The van der Waals surface area contributed by atoms with Gasteiger partial charge in [0.1, 0.15) is 0 Å². The van der Waals surface area contributed by atoms with Crippen molar-refractivity contribution in [3.05, 3.63) is 35.4 Å². The maximum absolute atomic E-state index is 5.43. The first-order valence-corrected chi connectivity index (χ1v) is 8.32. The van der Waals surface area contributed by atoms with E-state index in [1.807, 2.05) is 0 Å². The first-order valence-electron chi connectivity index (χ1n) is 8.32. The molecule has 1 aliphatic carbocycles. The molecule has 2 aliphatic rings. The molecule has 1 aromatic carbocycles. The Labute approximate surface area is 128 Å². The Kier molecular flexibility index (Phi) is 4.94. The second kappa shape index (κ2) is 6.91. The molecular formula is C18H28N2O. The predicted octanol–water partition coefficient (Wildman–Crippen LogP) is 2.97. The highest BCUT2D eigenvalue weighted by molar-refractivity contribution is 5.31. The Morgan fingerprint density at radius 3 is 2.76 bits per heavy atom. The summed E-state index contributed by atoms with van der Waals surface area (Å²) in [6.07, 6.45) is 5.44. The molecule has 1 heterocycles. The summed E-state index contributed by atoms with van der Waals surface area (Å²) in [5, 5.41) is 3.41. The van der Waals surface area contributed by atoms with E-state index in [-0.39, 0.29) is 0 Å². The SMILES string of the molecule is CNCC1CCCN(C2CC2)C1c1ccccc1COC. The summed E-state index contributed by atoms with van der Waals surface area (Å²) in [6, 6.07) is 10.3. The molecule has 2 atom stereocenters. The molecule has 0 amide bonds. The van der Waals surface area contributed by atoms with E-state index in [0.717, 1.165) is 19.2 Å². The third kappa shape index (κ3) is 3.31. The first kappa shape index (κ1) is 15.0. The average Bonchev–Trinajstić information content (AvgIpc) is 3.33. The maximum atomic E-state index is 5.43. The maximum Gasteiger partial charge on any atom is 0.0716 e. The number of hydrogen-bond acceptors (Lipinski definition) is 3. The van der Waals surface area contributed by atoms with Crippen LogP contribution in [0.2, 0.25) is 0 Å². The van der Waals surface area contributed by atoms with Crippen LogP contribution in [0, 0.1) is 5.92 Å². The number of piperidine rings is 1. The summed E-state index contributed by atoms with van der Waals surface area (Å²) in [5.41, 5.74) is 2.85. The van der Waals surface area contributed by atoms with Crippen molar-refractivity contribution in [3.8, 4) is 0 Å². The number of rotatable bonds is 6. The Morgan fingerprint density at radius 1 is 1.24 bits per heavy atom. The third-order valence-corrected chi connectivity index (χ3v) is 4.95. The number of ether oxygens (including phenoxy) is 1. The van der Waals surface area contributed by atoms with Crippen LogP contribution in [0.25, 0.3) is 0 Å². The molecule has 0 aromatic heterocycles. The van der Waals surface area contributed by atoms with E-state index in [0.29, 0.717) is 12.0 Å². The van der Waals surface area contributed by atoms with Crippen molar-refractivity contribution in [1.29, 1.82) is 0 Å². The van der Waals surface area contributed by atoms with Gasteiger partial charge in [-0.25, -0.2) is 0 Å². The fourth-order valence-electron chi connectivity index (χ4n) is 3.94. The Morgan fingerprint density at radius 2 is 2.05 bits per heavy atom. The highest BCUT2D eigenvalue weighted by Crippen LogP contribution is 2.43. The largest absolute Gasteiger partial charge is 0.380 e. The summed E-state index contributed by atoms with van der Waals surface area (Å²) >= 11 is 0. The molecule has 2 unspecified atom stereocenters. The van der Waals surface area contributed by atoms with Gasteiger partial charge in [0.2, 0.25) is 0 Å². The molecule has 0 radical (unpaired) electrons. The molecule has 21 heavy (non-hydrogen) atoms. The van der Waals surface area contributed by atoms with Gasteiger partial charge in [0.15, 0.2) is 0 Å². The minimum atomic E-state index is 0.560. The van der Waals surface area contributed by atoms with Gasteiger partial charge in [0.05, 0.1) is 6.61 Å². The minimum Gasteiger partial charge on any atom is -0.380 e. The fourth-order valence-corrected chi connectivity index (χ4v) is 3.94. The monoisotopic (exact) mass is 288 g/mol. The molecule has 1 saturated heterocycles. The van der Waals surface area contributed by atoms with E-state index >= 15 is 0 Å². The molecule has 0 spiro atoms. The molecule has 2 fully saturated rings. The van der Waals surface area contributed by atoms with Gasteiger partial charge < -0.3 is 10.1 Å². The normalized spacial score (nSPS) is 27.0. The second-order valence-electron chi connectivity index (χ2n) is 6.51. The van der Waals surface area contributed by atoms with Gasteiger partial charge in [0, 0.05) is 19.2 Å². The zero-order valence-electron chi connectivity index (χ0n) is 13.3. The molecule has 3 rings (SSSR count). The van der Waals surface area contributed by atoms with E-state index in [9.17, 15) is 0 Å². The lowest BCUT2D eigenvalue weighted by Crippen LogP contribution is -2.43. The summed E-state index contributed by atoms with van der Waals surface area (Å²) in [4.78, 5) is 2.78. The van der Waals surface area contributed by atoms with Crippen molar-refractivity contribution < 1.29 is 4.74 Å². The van der Waals surface area contributed by atoms with E-state index in [4.69, 9.17) is 4.74 Å². The minimum absolute atomic E-state index is 0.560. The predicted molar refractivity (Wildman–Crippen MR) is 86.3 cm³/mol. The quantitative estimate of drug-likeness (QED) is 0.871. The van der Waals surface area contributed by atoms with Crippen molar-refractivity contribution in [3.63, 3.8) is 0 Å². The van der Waals surface area contributed by atoms with Crippen LogP contribution in [0.4, 0.5) is 0 Å². The number of benzene rings is 1. The number of methoxy groups -OCH3 is 1. The van der Waals surface area contributed by atoms with Gasteiger partial charge in [0.25, 0.3) is 0 Å². The van der Waals surface area contributed by atoms with Crippen molar-refractivity contribution in [2.24, 2.45) is 5.92 Å². The third-order valence-electron chi connectivity index (χ3n) is 4.95. The second-order valence-corrected chi connectivity index (χ2v) is 6.51. The molecule has 116 valence electrons. The van der Waals surface area contributed by atoms with E-state index in [1.54, 1.807) is 7.11 Å². The van der Waals surface area contributed by atoms with E-state index in [1.165, 1.54) is 43.4 Å². The number of nitrogens with zero attached hydrogens (tertiary/aromatic N) is 1. The van der Waals surface area contributed by atoms with Crippen molar-refractivity contribution in [1.82, 2.24) is 10.2 Å². The standard InChI is InChI=1S/C18H28N2O/c1-19-12-14-7-5-11-20(16-9-10-16)18(14)17-8-4-3-6-15(17)13-21-2/h3-4,6,8,14,16,18-19H,5,7,9-13H2,1-2H3. The lowest BCUT2D eigenvalue weighted by molar-refractivity contribution is 0.0819. The molecule has 3 heteroatoms. The topological polar surface area (TPSA) is 24.5 Å². The van der Waals surface area contributed by atoms with Crippen LogP contribution in [0.1, 0.15) is 42.9 Å². The molecule has 1 aliphatic heterocycles. The van der Waals surface area contributed by atoms with Crippen LogP contribution in [-0.4, -0.2) is 38.2 Å². The van der Waals surface area contributed by atoms with Gasteiger partial charge in [-0.3, -0.25) is 4.90 Å². The van der Waals surface area contributed by atoms with Gasteiger partial charge in [-0.2, -0.15) is 0 Å². The summed E-state index contributed by atoms with van der Waals surface area (Å²) in [5.74, 6) is 0.711. The molecule has 1 aromatic rings. The van der Waals surface area contributed by atoms with Crippen LogP contribution in [0.3, 0.4) is 0 Å². The molecular weight excluding hydrogens is 260 g/mol. The Balaban J connectivity index is 1.92. The molecule has 0 bridgehead atoms. The summed E-state index contributed by atoms with van der Waals surface area (Å²) in [6.45, 7) is 3.09. The van der Waals surface area contributed by atoms with Gasteiger partial charge >= 0.3 is 0 Å². The van der Waals surface area contributed by atoms with Gasteiger partial charge in [-0.05, 0) is 62.9 Å². The van der Waals surface area contributed by atoms with Crippen molar-refractivity contribution >= 4 is 0 Å².